The lowest BCUT2D eigenvalue weighted by Gasteiger charge is -2.13. The van der Waals surface area contributed by atoms with E-state index in [0.717, 1.165) is 11.6 Å². The van der Waals surface area contributed by atoms with Crippen molar-refractivity contribution in [3.63, 3.8) is 0 Å². The monoisotopic (exact) mass is 405 g/mol. The smallest absolute Gasteiger partial charge is 0.209 e. The zero-order chi connectivity index (χ0) is 20.2. The zero-order valence-electron chi connectivity index (χ0n) is 16.4. The zero-order valence-corrected chi connectivity index (χ0v) is 18.0. The fraction of sp³-hybridized carbons (Fsp3) is 0.474. The second kappa shape index (κ2) is 8.68. The maximum absolute atomic E-state index is 9.17. The van der Waals surface area contributed by atoms with Crippen LogP contribution >= 0.6 is 22.9 Å². The molecule has 0 aliphatic heterocycles. The molecule has 0 N–H and O–H groups in total. The van der Waals surface area contributed by atoms with Crippen LogP contribution in [0.5, 0.6) is 5.75 Å². The van der Waals surface area contributed by atoms with Crippen molar-refractivity contribution in [3.8, 4) is 11.9 Å². The minimum atomic E-state index is -0.0998. The van der Waals surface area contributed by atoms with Gasteiger partial charge in [0.25, 0.3) is 0 Å². The summed E-state index contributed by atoms with van der Waals surface area (Å²) >= 11 is 7.63. The van der Waals surface area contributed by atoms with Gasteiger partial charge in [-0.25, -0.2) is 4.68 Å². The molecule has 8 heteroatoms. The molecule has 1 heterocycles. The van der Waals surface area contributed by atoms with E-state index < -0.39 is 0 Å². The van der Waals surface area contributed by atoms with Crippen LogP contribution < -0.4 is 9.54 Å². The Bertz CT molecular complexity index is 944. The summed E-state index contributed by atoms with van der Waals surface area (Å²) in [6, 6.07) is 5.14. The van der Waals surface area contributed by atoms with Gasteiger partial charge in [-0.05, 0) is 24.1 Å². The SMILES string of the molecule is COc1ccc(Cl)cc1C(=NC#N)/N=c1\sc(C(C)(C)C)nn1CC(C)C. The van der Waals surface area contributed by atoms with Crippen molar-refractivity contribution in [2.24, 2.45) is 15.9 Å². The van der Waals surface area contributed by atoms with Gasteiger partial charge in [-0.15, -0.1) is 0 Å². The van der Waals surface area contributed by atoms with Crippen LogP contribution in [0.4, 0.5) is 0 Å². The largest absolute Gasteiger partial charge is 0.496 e. The first-order valence-corrected chi connectivity index (χ1v) is 9.79. The molecule has 0 radical (unpaired) electrons. The van der Waals surface area contributed by atoms with Crippen LogP contribution in [0, 0.1) is 17.4 Å². The molecule has 0 aliphatic carbocycles. The predicted molar refractivity (Wildman–Crippen MR) is 109 cm³/mol. The highest BCUT2D eigenvalue weighted by molar-refractivity contribution is 7.09. The standard InChI is InChI=1S/C19H24ClN5OS/c1-12(2)10-25-18(27-17(24-25)19(3,4)5)23-16(22-11-21)14-9-13(20)7-8-15(14)26-6/h7-9,12H,10H2,1-6H3/b22-16?,23-18-. The molecule has 6 nitrogen and oxygen atoms in total. The van der Waals surface area contributed by atoms with Gasteiger partial charge in [-0.1, -0.05) is 57.6 Å². The quantitative estimate of drug-likeness (QED) is 0.430. The fourth-order valence-corrected chi connectivity index (χ4v) is 3.44. The summed E-state index contributed by atoms with van der Waals surface area (Å²) < 4.78 is 7.27. The molecule has 144 valence electrons. The van der Waals surface area contributed by atoms with E-state index in [0.29, 0.717) is 27.1 Å². The normalized spacial score (nSPS) is 13.1. The highest BCUT2D eigenvalue weighted by Gasteiger charge is 2.21. The number of halogens is 1. The topological polar surface area (TPSA) is 75.6 Å². The van der Waals surface area contributed by atoms with Crippen LogP contribution in [0.3, 0.4) is 0 Å². The maximum Gasteiger partial charge on any atom is 0.209 e. The van der Waals surface area contributed by atoms with Crippen molar-refractivity contribution in [3.05, 3.63) is 38.6 Å². The lowest BCUT2D eigenvalue weighted by atomic mass is 9.98. The Morgan fingerprint density at radius 2 is 2.11 bits per heavy atom. The minimum Gasteiger partial charge on any atom is -0.496 e. The predicted octanol–water partition coefficient (Wildman–Crippen LogP) is 4.39. The van der Waals surface area contributed by atoms with Gasteiger partial charge in [0.2, 0.25) is 11.0 Å². The van der Waals surface area contributed by atoms with Crippen LogP contribution in [0.15, 0.2) is 28.2 Å². The van der Waals surface area contributed by atoms with Crippen LogP contribution in [-0.4, -0.2) is 22.7 Å². The lowest BCUT2D eigenvalue weighted by molar-refractivity contribution is 0.414. The number of aliphatic imine (C=N–C) groups is 1. The number of aromatic nitrogens is 2. The first-order valence-electron chi connectivity index (χ1n) is 8.59. The Labute approximate surface area is 168 Å². The molecule has 2 rings (SSSR count). The Morgan fingerprint density at radius 3 is 2.67 bits per heavy atom. The first kappa shape index (κ1) is 21.1. The number of nitriles is 1. The van der Waals surface area contributed by atoms with Gasteiger partial charge in [0.1, 0.15) is 10.8 Å². The molecule has 0 fully saturated rings. The average Bonchev–Trinajstić information content (AvgIpc) is 2.96. The fourth-order valence-electron chi connectivity index (χ4n) is 2.30. The van der Waals surface area contributed by atoms with Crippen LogP contribution in [0.1, 0.15) is 45.2 Å². The van der Waals surface area contributed by atoms with Gasteiger partial charge in [0.15, 0.2) is 5.84 Å². The molecule has 0 unspecified atom stereocenters. The van der Waals surface area contributed by atoms with E-state index in [1.807, 2.05) is 10.9 Å². The summed E-state index contributed by atoms with van der Waals surface area (Å²) in [5.41, 5.74) is 0.464. The summed E-state index contributed by atoms with van der Waals surface area (Å²) in [4.78, 5) is 9.26. The van der Waals surface area contributed by atoms with E-state index in [9.17, 15) is 0 Å². The maximum atomic E-state index is 9.17. The number of methoxy groups -OCH3 is 1. The van der Waals surface area contributed by atoms with E-state index in [2.05, 4.69) is 44.6 Å². The molecule has 1 aromatic heterocycles. The van der Waals surface area contributed by atoms with Crippen LogP contribution in [0.25, 0.3) is 0 Å². The molecule has 0 spiro atoms. The summed E-state index contributed by atoms with van der Waals surface area (Å²) in [5, 5.41) is 15.4. The van der Waals surface area contributed by atoms with Gasteiger partial charge in [0.05, 0.1) is 12.7 Å². The van der Waals surface area contributed by atoms with Crippen molar-refractivity contribution < 1.29 is 4.74 Å². The number of amidine groups is 1. The highest BCUT2D eigenvalue weighted by Crippen LogP contribution is 2.25. The number of nitrogens with zero attached hydrogens (tertiary/aromatic N) is 5. The molecule has 1 aromatic carbocycles. The Balaban J connectivity index is 2.69. The Morgan fingerprint density at radius 1 is 1.41 bits per heavy atom. The molecule has 0 atom stereocenters. The summed E-state index contributed by atoms with van der Waals surface area (Å²) in [6.07, 6.45) is 1.83. The van der Waals surface area contributed by atoms with E-state index >= 15 is 0 Å². The van der Waals surface area contributed by atoms with E-state index in [1.54, 1.807) is 25.3 Å². The lowest BCUT2D eigenvalue weighted by Crippen LogP contribution is -2.21. The first-order chi connectivity index (χ1) is 12.7. The number of benzene rings is 1. The molecule has 0 saturated heterocycles. The molecular weight excluding hydrogens is 382 g/mol. The second-order valence-electron chi connectivity index (χ2n) is 7.51. The number of hydrogen-bond acceptors (Lipinski definition) is 5. The van der Waals surface area contributed by atoms with E-state index in [1.165, 1.54) is 11.3 Å². The Kier molecular flexibility index (Phi) is 6.79. The van der Waals surface area contributed by atoms with Crippen molar-refractivity contribution in [2.45, 2.75) is 46.6 Å². The summed E-state index contributed by atoms with van der Waals surface area (Å²) in [5.74, 6) is 1.20. The molecule has 0 aliphatic rings. The van der Waals surface area contributed by atoms with Crippen molar-refractivity contribution in [1.82, 2.24) is 9.78 Å². The van der Waals surface area contributed by atoms with Crippen LogP contribution in [-0.2, 0) is 12.0 Å². The van der Waals surface area contributed by atoms with E-state index in [4.69, 9.17) is 26.7 Å². The van der Waals surface area contributed by atoms with Gasteiger partial charge in [0, 0.05) is 17.0 Å². The number of ether oxygens (including phenoxy) is 1. The molecular formula is C19H24ClN5OS. The third-order valence-electron chi connectivity index (χ3n) is 3.56. The molecule has 27 heavy (non-hydrogen) atoms. The van der Waals surface area contributed by atoms with Gasteiger partial charge >= 0.3 is 0 Å². The highest BCUT2D eigenvalue weighted by atomic mass is 35.5. The average molecular weight is 406 g/mol. The second-order valence-corrected chi connectivity index (χ2v) is 8.90. The molecule has 0 bridgehead atoms. The van der Waals surface area contributed by atoms with E-state index in [-0.39, 0.29) is 11.3 Å². The number of hydrogen-bond donors (Lipinski definition) is 0. The van der Waals surface area contributed by atoms with Crippen molar-refractivity contribution in [2.75, 3.05) is 7.11 Å². The van der Waals surface area contributed by atoms with Crippen molar-refractivity contribution in [1.29, 1.82) is 5.26 Å². The van der Waals surface area contributed by atoms with Crippen LogP contribution in [0.2, 0.25) is 5.02 Å². The molecule has 0 saturated carbocycles. The summed E-state index contributed by atoms with van der Waals surface area (Å²) in [6.45, 7) is 11.3. The van der Waals surface area contributed by atoms with Crippen molar-refractivity contribution >= 4 is 28.8 Å². The number of rotatable bonds is 4. The Hall–Kier alpha value is -2.17. The molecule has 2 aromatic rings. The summed E-state index contributed by atoms with van der Waals surface area (Å²) in [7, 11) is 1.56. The van der Waals surface area contributed by atoms with Gasteiger partial charge in [-0.3, -0.25) is 0 Å². The third-order valence-corrected chi connectivity index (χ3v) is 5.17. The molecule has 0 amide bonds. The van der Waals surface area contributed by atoms with Gasteiger partial charge in [-0.2, -0.15) is 20.3 Å². The third kappa shape index (κ3) is 5.41. The minimum absolute atomic E-state index is 0.0998. The van der Waals surface area contributed by atoms with Gasteiger partial charge < -0.3 is 4.74 Å².